The molecule has 0 aliphatic carbocycles. The maximum atomic E-state index is 14.5. The molecule has 0 saturated carbocycles. The van der Waals surface area contributed by atoms with Crippen LogP contribution >= 0.6 is 0 Å². The van der Waals surface area contributed by atoms with E-state index in [0.29, 0.717) is 40.9 Å². The number of nitrogens with zero attached hydrogens (tertiary/aromatic N) is 2. The van der Waals surface area contributed by atoms with Crippen molar-refractivity contribution in [3.8, 4) is 17.2 Å². The van der Waals surface area contributed by atoms with Crippen molar-refractivity contribution in [1.29, 1.82) is 0 Å². The monoisotopic (exact) mass is 739 g/mol. The second kappa shape index (κ2) is 17.5. The highest BCUT2D eigenvalue weighted by Gasteiger charge is 2.31. The molecule has 6 rings (SSSR count). The first kappa shape index (κ1) is 38.2. The zero-order chi connectivity index (χ0) is 38.2. The summed E-state index contributed by atoms with van der Waals surface area (Å²) in [6, 6.07) is 22.4. The zero-order valence-corrected chi connectivity index (χ0v) is 31.2. The molecule has 5 amide bonds. The van der Waals surface area contributed by atoms with Gasteiger partial charge in [-0.2, -0.15) is 0 Å². The minimum absolute atomic E-state index is 0.119. The summed E-state index contributed by atoms with van der Waals surface area (Å²) in [6.45, 7) is 6.52. The lowest BCUT2D eigenvalue weighted by atomic mass is 10.0. The van der Waals surface area contributed by atoms with E-state index >= 15 is 0 Å². The van der Waals surface area contributed by atoms with Crippen molar-refractivity contribution in [2.45, 2.75) is 58.3 Å². The highest BCUT2D eigenvalue weighted by Crippen LogP contribution is 2.34. The number of nitrogens with one attached hydrogen (secondary N) is 3. The highest BCUT2D eigenvalue weighted by molar-refractivity contribution is 6.03. The molecule has 0 aromatic heterocycles. The number of fused-ring (bicyclic) bond motifs is 3. The van der Waals surface area contributed by atoms with Crippen LogP contribution in [0, 0.1) is 5.92 Å². The Bertz CT molecular complexity index is 1950. The van der Waals surface area contributed by atoms with Gasteiger partial charge in [-0.1, -0.05) is 43.3 Å². The smallest absolute Gasteiger partial charge is 0.323 e. The molecule has 13 heteroatoms. The normalized spacial score (nSPS) is 19.5. The number of likely N-dealkylation sites (N-methyl/N-ethyl adjacent to an activating group) is 1. The summed E-state index contributed by atoms with van der Waals surface area (Å²) >= 11 is 0. The fourth-order valence-electron chi connectivity index (χ4n) is 6.63. The van der Waals surface area contributed by atoms with Gasteiger partial charge in [0.2, 0.25) is 6.79 Å². The van der Waals surface area contributed by atoms with Gasteiger partial charge in [-0.05, 0) is 74.9 Å². The number of hydrogen-bond donors (Lipinski definition) is 4. The van der Waals surface area contributed by atoms with Crippen molar-refractivity contribution < 1.29 is 38.4 Å². The van der Waals surface area contributed by atoms with E-state index in [1.165, 1.54) is 0 Å². The van der Waals surface area contributed by atoms with Gasteiger partial charge < -0.3 is 49.8 Å². The molecule has 0 radical (unpaired) electrons. The molecule has 2 aliphatic heterocycles. The largest absolute Gasteiger partial charge is 0.490 e. The standard InChI is InChI=1S/C41H49N5O8/c1-26-22-46(27(2)24-47)39(48)33-20-30(42-40(49)43-31-16-18-36-37(21-31)53-25-52-36)15-17-35(33)54-28(3)10-7-8-19-51-38(26)23-45(4)41(50)44-34-14-9-12-29-11-5-6-13-32(29)34/h5-6,9,11-18,20-21,26-28,38,47H,7-8,10,19,22-25H2,1-4H3,(H,44,50)(H2,42,43,49)/t26-,27+,28-,38+/m0/s1. The quantitative estimate of drug-likeness (QED) is 0.156. The summed E-state index contributed by atoms with van der Waals surface area (Å²) in [6.07, 6.45) is 1.70. The van der Waals surface area contributed by atoms with E-state index in [1.54, 1.807) is 60.2 Å². The first-order valence-corrected chi connectivity index (χ1v) is 18.4. The molecule has 286 valence electrons. The van der Waals surface area contributed by atoms with Crippen LogP contribution in [0.15, 0.2) is 78.9 Å². The Kier molecular flexibility index (Phi) is 12.4. The van der Waals surface area contributed by atoms with Crippen molar-refractivity contribution in [1.82, 2.24) is 9.80 Å². The molecule has 2 heterocycles. The topological polar surface area (TPSA) is 151 Å². The third-order valence-corrected chi connectivity index (χ3v) is 9.77. The molecule has 0 unspecified atom stereocenters. The summed E-state index contributed by atoms with van der Waals surface area (Å²) < 4.78 is 23.5. The third kappa shape index (κ3) is 9.33. The van der Waals surface area contributed by atoms with Crippen LogP contribution in [0.2, 0.25) is 0 Å². The van der Waals surface area contributed by atoms with Gasteiger partial charge in [-0.3, -0.25) is 4.79 Å². The minimum atomic E-state index is -0.558. The maximum absolute atomic E-state index is 14.5. The number of anilines is 3. The predicted octanol–water partition coefficient (Wildman–Crippen LogP) is 7.17. The number of ether oxygens (including phenoxy) is 4. The average Bonchev–Trinajstić information content (AvgIpc) is 3.64. The summed E-state index contributed by atoms with van der Waals surface area (Å²) in [5, 5.41) is 20.9. The lowest BCUT2D eigenvalue weighted by Crippen LogP contribution is -2.48. The molecular weight excluding hydrogens is 690 g/mol. The summed E-state index contributed by atoms with van der Waals surface area (Å²) in [7, 11) is 1.73. The molecular formula is C41H49N5O8. The van der Waals surface area contributed by atoms with Crippen molar-refractivity contribution in [3.05, 3.63) is 84.4 Å². The van der Waals surface area contributed by atoms with Crippen LogP contribution in [-0.2, 0) is 4.74 Å². The van der Waals surface area contributed by atoms with Crippen LogP contribution in [0.5, 0.6) is 17.2 Å². The second-order valence-electron chi connectivity index (χ2n) is 14.0. The van der Waals surface area contributed by atoms with E-state index in [2.05, 4.69) is 16.0 Å². The van der Waals surface area contributed by atoms with Crippen LogP contribution < -0.4 is 30.2 Å². The van der Waals surface area contributed by atoms with Crippen molar-refractivity contribution in [2.24, 2.45) is 5.92 Å². The molecule has 0 spiro atoms. The van der Waals surface area contributed by atoms with Gasteiger partial charge >= 0.3 is 12.1 Å². The number of aliphatic hydroxyl groups is 1. The fraction of sp³-hybridized carbons (Fsp3) is 0.390. The molecule has 0 fully saturated rings. The lowest BCUT2D eigenvalue weighted by Gasteiger charge is -2.35. The van der Waals surface area contributed by atoms with E-state index < -0.39 is 18.2 Å². The SMILES string of the molecule is C[C@H](CO)N1C[C@H](C)[C@@H](CN(C)C(=O)Nc2cccc3ccccc23)OCCCC[C@H](C)Oc2ccc(NC(=O)Nc3ccc4c(c3)OCO4)cc2C1=O. The van der Waals surface area contributed by atoms with Crippen molar-refractivity contribution in [3.63, 3.8) is 0 Å². The van der Waals surface area contributed by atoms with Gasteiger partial charge in [0, 0.05) is 55.5 Å². The Labute approximate surface area is 315 Å². The number of carbonyl (C=O) groups excluding carboxylic acids is 3. The third-order valence-electron chi connectivity index (χ3n) is 9.77. The number of amides is 5. The molecule has 4 aromatic carbocycles. The number of urea groups is 2. The second-order valence-corrected chi connectivity index (χ2v) is 14.0. The van der Waals surface area contributed by atoms with Crippen LogP contribution in [-0.4, -0.2) is 91.3 Å². The van der Waals surface area contributed by atoms with Gasteiger partial charge in [0.15, 0.2) is 11.5 Å². The fourth-order valence-corrected chi connectivity index (χ4v) is 6.63. The first-order valence-electron chi connectivity index (χ1n) is 18.4. The van der Waals surface area contributed by atoms with Gasteiger partial charge in [-0.25, -0.2) is 9.59 Å². The van der Waals surface area contributed by atoms with E-state index in [0.717, 1.165) is 30.0 Å². The van der Waals surface area contributed by atoms with E-state index in [4.69, 9.17) is 18.9 Å². The number of aliphatic hydroxyl groups excluding tert-OH is 1. The molecule has 4 N–H and O–H groups in total. The number of hydrogen-bond acceptors (Lipinski definition) is 8. The number of benzene rings is 4. The summed E-state index contributed by atoms with van der Waals surface area (Å²) in [4.78, 5) is 44.3. The Hall–Kier alpha value is -5.53. The van der Waals surface area contributed by atoms with Crippen LogP contribution in [0.1, 0.15) is 50.4 Å². The van der Waals surface area contributed by atoms with E-state index in [1.807, 2.05) is 56.3 Å². The van der Waals surface area contributed by atoms with Crippen molar-refractivity contribution in [2.75, 3.05) is 56.1 Å². The average molecular weight is 740 g/mol. The molecule has 54 heavy (non-hydrogen) atoms. The Morgan fingerprint density at radius 3 is 2.43 bits per heavy atom. The Morgan fingerprint density at radius 1 is 0.907 bits per heavy atom. The lowest BCUT2D eigenvalue weighted by molar-refractivity contribution is -0.0115. The first-order chi connectivity index (χ1) is 26.1. The number of carbonyl (C=O) groups is 3. The molecule has 0 bridgehead atoms. The molecule has 2 aliphatic rings. The number of rotatable bonds is 7. The molecule has 13 nitrogen and oxygen atoms in total. The molecule has 4 atom stereocenters. The van der Waals surface area contributed by atoms with Crippen LogP contribution in [0.25, 0.3) is 10.8 Å². The van der Waals surface area contributed by atoms with Gasteiger partial charge in [0.1, 0.15) is 5.75 Å². The van der Waals surface area contributed by atoms with Gasteiger partial charge in [0.05, 0.1) is 36.1 Å². The highest BCUT2D eigenvalue weighted by atomic mass is 16.7. The van der Waals surface area contributed by atoms with E-state index in [9.17, 15) is 19.5 Å². The maximum Gasteiger partial charge on any atom is 0.323 e. The molecule has 0 saturated heterocycles. The predicted molar refractivity (Wildman–Crippen MR) is 208 cm³/mol. The minimum Gasteiger partial charge on any atom is -0.490 e. The van der Waals surface area contributed by atoms with E-state index in [-0.39, 0.29) is 56.0 Å². The van der Waals surface area contributed by atoms with Gasteiger partial charge in [0.25, 0.3) is 5.91 Å². The Balaban J connectivity index is 1.20. The summed E-state index contributed by atoms with van der Waals surface area (Å²) in [5.74, 6) is 0.903. The zero-order valence-electron chi connectivity index (χ0n) is 31.2. The van der Waals surface area contributed by atoms with Crippen molar-refractivity contribution >= 4 is 45.8 Å². The summed E-state index contributed by atoms with van der Waals surface area (Å²) in [5.41, 5.74) is 1.85. The van der Waals surface area contributed by atoms with Gasteiger partial charge in [-0.15, -0.1) is 0 Å². The molecule has 4 aromatic rings. The van der Waals surface area contributed by atoms with Crippen LogP contribution in [0.4, 0.5) is 26.7 Å². The van der Waals surface area contributed by atoms with Crippen LogP contribution in [0.3, 0.4) is 0 Å². The Morgan fingerprint density at radius 2 is 1.63 bits per heavy atom.